The highest BCUT2D eigenvalue weighted by molar-refractivity contribution is 7.80. The van der Waals surface area contributed by atoms with Gasteiger partial charge in [-0.2, -0.15) is 17.7 Å². The highest BCUT2D eigenvalue weighted by atomic mass is 32.1. The fourth-order valence-electron chi connectivity index (χ4n) is 1.83. The first-order chi connectivity index (χ1) is 10.0. The molecule has 1 aromatic heterocycles. The second-order valence-corrected chi connectivity index (χ2v) is 4.79. The highest BCUT2D eigenvalue weighted by Crippen LogP contribution is 2.12. The monoisotopic (exact) mass is 307 g/mol. The number of benzene rings is 1. The number of para-hydroxylation sites is 1. The topological polar surface area (TPSA) is 64.0 Å². The molecule has 5 nitrogen and oxygen atoms in total. The van der Waals surface area contributed by atoms with Gasteiger partial charge in [-0.05, 0) is 19.1 Å². The van der Waals surface area contributed by atoms with Crippen molar-refractivity contribution < 1.29 is 9.18 Å². The normalized spacial score (nSPS) is 10.4. The average Bonchev–Trinajstić information content (AvgIpc) is 2.46. The first kappa shape index (κ1) is 15.2. The standard InChI is InChI=1S/C14H14FN3O2S/c1-9-8-12(19)13(14(20)16-6-7-21)17-18(9)11-5-3-2-4-10(11)15/h2-5,8,21H,6-7H2,1H3,(H,16,20). The maximum Gasteiger partial charge on any atom is 0.275 e. The number of aryl methyl sites for hydroxylation is 1. The summed E-state index contributed by atoms with van der Waals surface area (Å²) in [5.41, 5.74) is -0.156. The van der Waals surface area contributed by atoms with Crippen molar-refractivity contribution in [3.05, 3.63) is 57.8 Å². The summed E-state index contributed by atoms with van der Waals surface area (Å²) in [6.07, 6.45) is 0. The number of hydrogen-bond acceptors (Lipinski definition) is 4. The van der Waals surface area contributed by atoms with E-state index in [-0.39, 0.29) is 11.4 Å². The Labute approximate surface area is 126 Å². The Morgan fingerprint density at radius 3 is 2.81 bits per heavy atom. The minimum Gasteiger partial charge on any atom is -0.350 e. The van der Waals surface area contributed by atoms with Gasteiger partial charge in [0, 0.05) is 24.1 Å². The molecule has 0 radical (unpaired) electrons. The fourth-order valence-corrected chi connectivity index (χ4v) is 1.94. The molecule has 0 fully saturated rings. The van der Waals surface area contributed by atoms with Crippen LogP contribution in [0.3, 0.4) is 0 Å². The van der Waals surface area contributed by atoms with Crippen LogP contribution in [0.5, 0.6) is 0 Å². The molecule has 21 heavy (non-hydrogen) atoms. The molecule has 1 amide bonds. The number of halogens is 1. The van der Waals surface area contributed by atoms with Crippen LogP contribution in [-0.4, -0.2) is 28.0 Å². The minimum absolute atomic E-state index is 0.179. The number of nitrogens with one attached hydrogen (secondary N) is 1. The van der Waals surface area contributed by atoms with Crippen molar-refractivity contribution in [1.29, 1.82) is 0 Å². The third-order valence-corrected chi connectivity index (χ3v) is 3.02. The van der Waals surface area contributed by atoms with Crippen molar-refractivity contribution in [2.24, 2.45) is 0 Å². The van der Waals surface area contributed by atoms with Crippen molar-refractivity contribution in [2.75, 3.05) is 12.3 Å². The Morgan fingerprint density at radius 1 is 1.43 bits per heavy atom. The zero-order valence-corrected chi connectivity index (χ0v) is 12.2. The molecule has 2 aromatic rings. The predicted molar refractivity (Wildman–Crippen MR) is 80.7 cm³/mol. The van der Waals surface area contributed by atoms with E-state index in [1.165, 1.54) is 22.9 Å². The fraction of sp³-hybridized carbons (Fsp3) is 0.214. The van der Waals surface area contributed by atoms with Crippen LogP contribution in [0.25, 0.3) is 5.69 Å². The zero-order chi connectivity index (χ0) is 15.4. The molecule has 1 aromatic carbocycles. The van der Waals surface area contributed by atoms with Crippen LogP contribution < -0.4 is 10.7 Å². The van der Waals surface area contributed by atoms with Gasteiger partial charge in [-0.15, -0.1) is 0 Å². The molecule has 0 aliphatic rings. The van der Waals surface area contributed by atoms with Crippen molar-refractivity contribution >= 4 is 18.5 Å². The Morgan fingerprint density at radius 2 is 2.14 bits per heavy atom. The van der Waals surface area contributed by atoms with Gasteiger partial charge in [-0.1, -0.05) is 12.1 Å². The van der Waals surface area contributed by atoms with Crippen LogP contribution in [0.15, 0.2) is 35.1 Å². The molecule has 0 saturated heterocycles. The summed E-state index contributed by atoms with van der Waals surface area (Å²) >= 11 is 3.97. The molecule has 0 saturated carbocycles. The summed E-state index contributed by atoms with van der Waals surface area (Å²) in [4.78, 5) is 23.8. The number of carbonyl (C=O) groups excluding carboxylic acids is 1. The molecule has 0 bridgehead atoms. The van der Waals surface area contributed by atoms with E-state index >= 15 is 0 Å². The van der Waals surface area contributed by atoms with E-state index in [4.69, 9.17) is 0 Å². The van der Waals surface area contributed by atoms with Crippen molar-refractivity contribution in [3.63, 3.8) is 0 Å². The SMILES string of the molecule is Cc1cc(=O)c(C(=O)NCCS)nn1-c1ccccc1F. The quantitative estimate of drug-likeness (QED) is 0.838. The van der Waals surface area contributed by atoms with E-state index in [2.05, 4.69) is 23.0 Å². The molecule has 1 N–H and O–H groups in total. The third kappa shape index (κ3) is 3.30. The molecular weight excluding hydrogens is 293 g/mol. The van der Waals surface area contributed by atoms with Crippen molar-refractivity contribution in [3.8, 4) is 5.69 Å². The maximum absolute atomic E-state index is 13.8. The molecule has 0 unspecified atom stereocenters. The molecule has 110 valence electrons. The average molecular weight is 307 g/mol. The Kier molecular flexibility index (Phi) is 4.74. The van der Waals surface area contributed by atoms with Crippen LogP contribution in [0.2, 0.25) is 0 Å². The number of aromatic nitrogens is 2. The number of rotatable bonds is 4. The summed E-state index contributed by atoms with van der Waals surface area (Å²) in [6, 6.07) is 7.27. The Hall–Kier alpha value is -2.15. The van der Waals surface area contributed by atoms with Gasteiger partial charge < -0.3 is 5.32 Å². The number of amides is 1. The number of thiol groups is 1. The summed E-state index contributed by atoms with van der Waals surface area (Å²) < 4.78 is 15.1. The Balaban J connectivity index is 2.51. The lowest BCUT2D eigenvalue weighted by Crippen LogP contribution is -2.33. The number of carbonyl (C=O) groups is 1. The number of nitrogens with zero attached hydrogens (tertiary/aromatic N) is 2. The van der Waals surface area contributed by atoms with Gasteiger partial charge in [0.05, 0.1) is 0 Å². The van der Waals surface area contributed by atoms with Gasteiger partial charge in [0.1, 0.15) is 11.5 Å². The smallest absolute Gasteiger partial charge is 0.275 e. The van der Waals surface area contributed by atoms with Gasteiger partial charge in [-0.3, -0.25) is 9.59 Å². The second kappa shape index (κ2) is 6.53. The van der Waals surface area contributed by atoms with Crippen molar-refractivity contribution in [2.45, 2.75) is 6.92 Å². The van der Waals surface area contributed by atoms with Crippen LogP contribution >= 0.6 is 12.6 Å². The first-order valence-corrected chi connectivity index (χ1v) is 6.92. The Bertz CT molecular complexity index is 730. The minimum atomic E-state index is -0.598. The lowest BCUT2D eigenvalue weighted by atomic mass is 10.2. The van der Waals surface area contributed by atoms with E-state index in [0.717, 1.165) is 0 Å². The summed E-state index contributed by atoms with van der Waals surface area (Å²) in [6.45, 7) is 1.94. The van der Waals surface area contributed by atoms with Crippen LogP contribution in [-0.2, 0) is 0 Å². The summed E-state index contributed by atoms with van der Waals surface area (Å²) in [5.74, 6) is -0.642. The van der Waals surface area contributed by atoms with E-state index in [9.17, 15) is 14.0 Å². The third-order valence-electron chi connectivity index (χ3n) is 2.80. The van der Waals surface area contributed by atoms with Gasteiger partial charge in [-0.25, -0.2) is 9.07 Å². The summed E-state index contributed by atoms with van der Waals surface area (Å²) in [5, 5.41) is 6.50. The van der Waals surface area contributed by atoms with Gasteiger partial charge in [0.15, 0.2) is 5.69 Å². The molecule has 0 aliphatic carbocycles. The van der Waals surface area contributed by atoms with E-state index < -0.39 is 17.2 Å². The molecule has 7 heteroatoms. The van der Waals surface area contributed by atoms with E-state index in [1.54, 1.807) is 19.1 Å². The molecule has 0 spiro atoms. The molecular formula is C14H14FN3O2S. The largest absolute Gasteiger partial charge is 0.350 e. The highest BCUT2D eigenvalue weighted by Gasteiger charge is 2.15. The molecule has 0 atom stereocenters. The molecule has 0 aliphatic heterocycles. The predicted octanol–water partition coefficient (Wildman–Crippen LogP) is 1.34. The zero-order valence-electron chi connectivity index (χ0n) is 11.3. The van der Waals surface area contributed by atoms with Crippen LogP contribution in [0.1, 0.15) is 16.2 Å². The van der Waals surface area contributed by atoms with E-state index in [1.807, 2.05) is 0 Å². The maximum atomic E-state index is 13.8. The van der Waals surface area contributed by atoms with Gasteiger partial charge in [0.2, 0.25) is 5.43 Å². The van der Waals surface area contributed by atoms with Crippen LogP contribution in [0, 0.1) is 12.7 Å². The van der Waals surface area contributed by atoms with Gasteiger partial charge in [0.25, 0.3) is 5.91 Å². The van der Waals surface area contributed by atoms with Gasteiger partial charge >= 0.3 is 0 Å². The lowest BCUT2D eigenvalue weighted by Gasteiger charge is -2.11. The first-order valence-electron chi connectivity index (χ1n) is 6.29. The lowest BCUT2D eigenvalue weighted by molar-refractivity contribution is 0.0948. The number of hydrogen-bond donors (Lipinski definition) is 2. The molecule has 1 heterocycles. The molecule has 2 rings (SSSR count). The second-order valence-electron chi connectivity index (χ2n) is 4.34. The van der Waals surface area contributed by atoms with E-state index in [0.29, 0.717) is 18.0 Å². The van der Waals surface area contributed by atoms with Crippen LogP contribution in [0.4, 0.5) is 4.39 Å². The summed E-state index contributed by atoms with van der Waals surface area (Å²) in [7, 11) is 0. The van der Waals surface area contributed by atoms with Crippen molar-refractivity contribution in [1.82, 2.24) is 15.1 Å².